The molecular formula is C17H24Cl2N4OS. The monoisotopic (exact) mass is 402 g/mol. The lowest BCUT2D eigenvalue weighted by molar-refractivity contribution is -0.126. The Morgan fingerprint density at radius 2 is 2.12 bits per heavy atom. The average molecular weight is 403 g/mol. The molecule has 3 N–H and O–H groups in total. The highest BCUT2D eigenvalue weighted by atomic mass is 35.5. The van der Waals surface area contributed by atoms with Crippen molar-refractivity contribution in [3.63, 3.8) is 0 Å². The van der Waals surface area contributed by atoms with Crippen LogP contribution in [0.4, 0.5) is 0 Å². The molecule has 2 unspecified atom stereocenters. The van der Waals surface area contributed by atoms with Crippen LogP contribution < -0.4 is 11.1 Å². The molecule has 5 nitrogen and oxygen atoms in total. The van der Waals surface area contributed by atoms with Crippen molar-refractivity contribution in [1.82, 2.24) is 15.3 Å². The maximum atomic E-state index is 12.2. The molecule has 0 spiro atoms. The minimum absolute atomic E-state index is 0. The van der Waals surface area contributed by atoms with Crippen molar-refractivity contribution in [2.75, 3.05) is 6.54 Å². The smallest absolute Gasteiger partial charge is 0.223 e. The van der Waals surface area contributed by atoms with Crippen LogP contribution in [0.2, 0.25) is 0 Å². The summed E-state index contributed by atoms with van der Waals surface area (Å²) in [4.78, 5) is 21.1. The first-order chi connectivity index (χ1) is 11.2. The lowest BCUT2D eigenvalue weighted by atomic mass is 9.85. The van der Waals surface area contributed by atoms with Crippen LogP contribution >= 0.6 is 36.2 Å². The number of hydrogen-bond acceptors (Lipinski definition) is 5. The van der Waals surface area contributed by atoms with Crippen molar-refractivity contribution in [2.24, 2.45) is 11.7 Å². The zero-order valence-corrected chi connectivity index (χ0v) is 16.3. The van der Waals surface area contributed by atoms with Gasteiger partial charge in [0.25, 0.3) is 0 Å². The Labute approximate surface area is 164 Å². The molecule has 0 saturated heterocycles. The van der Waals surface area contributed by atoms with Crippen molar-refractivity contribution in [2.45, 2.75) is 38.1 Å². The van der Waals surface area contributed by atoms with Crippen molar-refractivity contribution in [3.8, 4) is 11.4 Å². The van der Waals surface area contributed by atoms with Crippen LogP contribution in [0.15, 0.2) is 29.8 Å². The van der Waals surface area contributed by atoms with Gasteiger partial charge in [-0.25, -0.2) is 4.98 Å². The molecule has 1 aliphatic rings. The Morgan fingerprint density at radius 3 is 2.84 bits per heavy atom. The van der Waals surface area contributed by atoms with Gasteiger partial charge in [0.15, 0.2) is 0 Å². The Bertz CT molecular complexity index is 653. The largest absolute Gasteiger partial charge is 0.355 e. The number of amides is 1. The van der Waals surface area contributed by atoms with Gasteiger partial charge in [-0.15, -0.1) is 36.2 Å². The van der Waals surface area contributed by atoms with Gasteiger partial charge in [0.1, 0.15) is 0 Å². The minimum Gasteiger partial charge on any atom is -0.355 e. The van der Waals surface area contributed by atoms with Gasteiger partial charge >= 0.3 is 0 Å². The van der Waals surface area contributed by atoms with Gasteiger partial charge in [-0.1, -0.05) is 12.5 Å². The zero-order chi connectivity index (χ0) is 16.1. The number of halogens is 2. The van der Waals surface area contributed by atoms with E-state index in [1.807, 2.05) is 23.6 Å². The van der Waals surface area contributed by atoms with Gasteiger partial charge in [0.2, 0.25) is 5.91 Å². The standard InChI is InChI=1S/C17H22N4OS.2ClH/c18-13-5-3-4-12(10-13)17(22)20-9-7-16-21-15(11-23-16)14-6-1-2-8-19-14;;/h1-2,6,8,11-13H,3-5,7,9-10,18H2,(H,20,22);2*1H. The number of carbonyl (C=O) groups excluding carboxylic acids is 1. The first-order valence-electron chi connectivity index (χ1n) is 8.11. The summed E-state index contributed by atoms with van der Waals surface area (Å²) < 4.78 is 0. The van der Waals surface area contributed by atoms with Gasteiger partial charge < -0.3 is 11.1 Å². The average Bonchev–Trinajstić information content (AvgIpc) is 3.04. The van der Waals surface area contributed by atoms with Gasteiger partial charge in [-0.2, -0.15) is 0 Å². The quantitative estimate of drug-likeness (QED) is 0.803. The lowest BCUT2D eigenvalue weighted by Gasteiger charge is -2.25. The number of pyridine rings is 1. The first kappa shape index (κ1) is 21.8. The zero-order valence-electron chi connectivity index (χ0n) is 13.9. The van der Waals surface area contributed by atoms with Crippen LogP contribution in [-0.2, 0) is 11.2 Å². The van der Waals surface area contributed by atoms with Gasteiger partial charge in [-0.05, 0) is 31.4 Å². The molecule has 0 aromatic carbocycles. The van der Waals surface area contributed by atoms with E-state index in [0.717, 1.165) is 48.5 Å². The van der Waals surface area contributed by atoms with E-state index in [1.54, 1.807) is 17.5 Å². The van der Waals surface area contributed by atoms with E-state index < -0.39 is 0 Å². The third kappa shape index (κ3) is 6.22. The summed E-state index contributed by atoms with van der Waals surface area (Å²) in [6, 6.07) is 5.98. The molecule has 2 aromatic rings. The van der Waals surface area contributed by atoms with Crippen molar-refractivity contribution in [3.05, 3.63) is 34.8 Å². The van der Waals surface area contributed by atoms with E-state index in [-0.39, 0.29) is 42.7 Å². The molecule has 0 aliphatic heterocycles. The van der Waals surface area contributed by atoms with Crippen LogP contribution in [-0.4, -0.2) is 28.5 Å². The van der Waals surface area contributed by atoms with Gasteiger partial charge in [0, 0.05) is 36.5 Å². The van der Waals surface area contributed by atoms with Gasteiger partial charge in [-0.3, -0.25) is 9.78 Å². The summed E-state index contributed by atoms with van der Waals surface area (Å²) in [7, 11) is 0. The third-order valence-corrected chi connectivity index (χ3v) is 5.11. The molecule has 2 aromatic heterocycles. The maximum Gasteiger partial charge on any atom is 0.223 e. The Hall–Kier alpha value is -1.21. The molecule has 1 fully saturated rings. The van der Waals surface area contributed by atoms with E-state index in [2.05, 4.69) is 15.3 Å². The summed E-state index contributed by atoms with van der Waals surface area (Å²) in [5, 5.41) is 6.06. The first-order valence-corrected chi connectivity index (χ1v) is 8.99. The van der Waals surface area contributed by atoms with E-state index in [4.69, 9.17) is 5.73 Å². The number of carbonyl (C=O) groups is 1. The molecule has 2 heterocycles. The predicted molar refractivity (Wildman–Crippen MR) is 106 cm³/mol. The molecule has 138 valence electrons. The molecule has 1 saturated carbocycles. The summed E-state index contributed by atoms with van der Waals surface area (Å²) in [5.41, 5.74) is 7.73. The molecule has 0 radical (unpaired) electrons. The molecular weight excluding hydrogens is 379 g/mol. The number of nitrogens with zero attached hydrogens (tertiary/aromatic N) is 2. The van der Waals surface area contributed by atoms with Crippen LogP contribution in [0.25, 0.3) is 11.4 Å². The molecule has 3 rings (SSSR count). The number of thiazole rings is 1. The van der Waals surface area contributed by atoms with Crippen molar-refractivity contribution in [1.29, 1.82) is 0 Å². The topological polar surface area (TPSA) is 80.9 Å². The lowest BCUT2D eigenvalue weighted by Crippen LogP contribution is -2.38. The molecule has 2 atom stereocenters. The summed E-state index contributed by atoms with van der Waals surface area (Å²) >= 11 is 1.61. The highest BCUT2D eigenvalue weighted by Gasteiger charge is 2.24. The number of rotatable bonds is 5. The fourth-order valence-corrected chi connectivity index (χ4v) is 3.75. The fourth-order valence-electron chi connectivity index (χ4n) is 2.96. The second-order valence-corrected chi connectivity index (χ2v) is 6.95. The van der Waals surface area contributed by atoms with Crippen molar-refractivity contribution >= 4 is 42.1 Å². The van der Waals surface area contributed by atoms with Crippen molar-refractivity contribution < 1.29 is 4.79 Å². The molecule has 25 heavy (non-hydrogen) atoms. The number of hydrogen-bond donors (Lipinski definition) is 2. The fraction of sp³-hybridized carbons (Fsp3) is 0.471. The van der Waals surface area contributed by atoms with E-state index >= 15 is 0 Å². The SMILES string of the molecule is Cl.Cl.NC1CCCC(C(=O)NCCc2nc(-c3ccccn3)cs2)C1. The van der Waals surface area contributed by atoms with E-state index in [0.29, 0.717) is 6.54 Å². The maximum absolute atomic E-state index is 12.2. The van der Waals surface area contributed by atoms with Crippen LogP contribution in [0.3, 0.4) is 0 Å². The highest BCUT2D eigenvalue weighted by Crippen LogP contribution is 2.23. The predicted octanol–water partition coefficient (Wildman–Crippen LogP) is 3.22. The molecule has 1 aliphatic carbocycles. The van der Waals surface area contributed by atoms with Crippen LogP contribution in [0.5, 0.6) is 0 Å². The summed E-state index contributed by atoms with van der Waals surface area (Å²) in [6.07, 6.45) is 6.39. The highest BCUT2D eigenvalue weighted by molar-refractivity contribution is 7.09. The number of aromatic nitrogens is 2. The molecule has 0 bridgehead atoms. The summed E-state index contributed by atoms with van der Waals surface area (Å²) in [6.45, 7) is 0.625. The van der Waals surface area contributed by atoms with Crippen LogP contribution in [0, 0.1) is 5.92 Å². The summed E-state index contributed by atoms with van der Waals surface area (Å²) in [5.74, 6) is 0.223. The second kappa shape index (κ2) is 10.7. The molecule has 8 heteroatoms. The van der Waals surface area contributed by atoms with Crippen LogP contribution in [0.1, 0.15) is 30.7 Å². The van der Waals surface area contributed by atoms with E-state index in [1.165, 1.54) is 0 Å². The second-order valence-electron chi connectivity index (χ2n) is 6.01. The van der Waals surface area contributed by atoms with Gasteiger partial charge in [0.05, 0.1) is 16.4 Å². The minimum atomic E-state index is 0. The Kier molecular flexibility index (Phi) is 9.35. The number of nitrogens with two attached hydrogens (primary N) is 1. The Morgan fingerprint density at radius 1 is 1.28 bits per heavy atom. The third-order valence-electron chi connectivity index (χ3n) is 4.20. The normalized spacial score (nSPS) is 19.4. The Balaban J connectivity index is 0.00000156. The number of nitrogens with one attached hydrogen (secondary N) is 1. The van der Waals surface area contributed by atoms with E-state index in [9.17, 15) is 4.79 Å². The molecule has 1 amide bonds.